The molecule has 0 fully saturated rings. The van der Waals surface area contributed by atoms with Crippen molar-refractivity contribution in [2.24, 2.45) is 0 Å². The molecule has 1 aliphatic carbocycles. The van der Waals surface area contributed by atoms with Crippen molar-refractivity contribution in [3.63, 3.8) is 0 Å². The van der Waals surface area contributed by atoms with Gasteiger partial charge in [0.25, 0.3) is 0 Å². The number of benzene rings is 10. The minimum absolute atomic E-state index is 0.129. The van der Waals surface area contributed by atoms with Gasteiger partial charge in [-0.15, -0.1) is 0 Å². The number of nitrogens with zero attached hydrogens (tertiary/aromatic N) is 1. The first-order chi connectivity index (χ1) is 35.9. The van der Waals surface area contributed by atoms with Gasteiger partial charge in [-0.1, -0.05) is 208 Å². The van der Waals surface area contributed by atoms with E-state index in [4.69, 9.17) is 12.3 Å². The minimum Gasteiger partial charge on any atom is -0.311 e. The minimum atomic E-state index is -0.772. The topological polar surface area (TPSA) is 3.24 Å². The van der Waals surface area contributed by atoms with Crippen molar-refractivity contribution in [2.75, 3.05) is 4.90 Å². The van der Waals surface area contributed by atoms with E-state index in [-0.39, 0.29) is 11.1 Å². The number of hydrogen-bond donors (Lipinski definition) is 0. The summed E-state index contributed by atoms with van der Waals surface area (Å²) in [6, 6.07) is 43.9. The fourth-order valence-electron chi connectivity index (χ4n) is 8.91. The van der Waals surface area contributed by atoms with Crippen molar-refractivity contribution >= 4 is 27.8 Å². The summed E-state index contributed by atoms with van der Waals surface area (Å²) in [6.45, 7) is 4.45. The molecule has 1 aliphatic rings. The van der Waals surface area contributed by atoms with E-state index in [1.165, 1.54) is 16.7 Å². The van der Waals surface area contributed by atoms with E-state index in [2.05, 4.69) is 92.7 Å². The van der Waals surface area contributed by atoms with Crippen LogP contribution >= 0.6 is 0 Å². The lowest BCUT2D eigenvalue weighted by atomic mass is 9.79. The fourth-order valence-corrected chi connectivity index (χ4v) is 8.91. The van der Waals surface area contributed by atoms with Crippen molar-refractivity contribution in [3.05, 3.63) is 247 Å². The molecule has 10 aromatic rings. The van der Waals surface area contributed by atoms with Crippen LogP contribution in [0.4, 0.5) is 17.1 Å². The van der Waals surface area contributed by atoms with Crippen LogP contribution in [0.3, 0.4) is 0 Å². The molecule has 0 saturated carbocycles. The first kappa shape index (κ1) is 25.8. The number of hydrogen-bond acceptors (Lipinski definition) is 1. The molecule has 11 rings (SSSR count). The van der Waals surface area contributed by atoms with Gasteiger partial charge in [0.1, 0.15) is 0 Å². The molecular formula is C61H45N. The first-order valence-electron chi connectivity index (χ1n) is 27.0. The predicted molar refractivity (Wildman–Crippen MR) is 263 cm³/mol. The van der Waals surface area contributed by atoms with Crippen LogP contribution in [0.5, 0.6) is 0 Å². The zero-order valence-corrected chi connectivity index (χ0v) is 34.0. The van der Waals surface area contributed by atoms with Gasteiger partial charge in [0.05, 0.1) is 17.8 Å². The summed E-state index contributed by atoms with van der Waals surface area (Å²) in [5.41, 5.74) is 9.25. The quantitative estimate of drug-likeness (QED) is 0.148. The molecule has 0 unspecified atom stereocenters. The average Bonchev–Trinajstić information content (AvgIpc) is 3.69. The van der Waals surface area contributed by atoms with Crippen LogP contribution < -0.4 is 4.90 Å². The molecule has 294 valence electrons. The van der Waals surface area contributed by atoms with Gasteiger partial charge in [-0.05, 0) is 131 Å². The molecule has 0 aliphatic heterocycles. The van der Waals surface area contributed by atoms with Crippen LogP contribution in [0.1, 0.15) is 42.8 Å². The molecule has 1 nitrogen and oxygen atoms in total. The summed E-state index contributed by atoms with van der Waals surface area (Å²) < 4.78 is 116. The third-order valence-corrected chi connectivity index (χ3v) is 11.9. The second kappa shape index (κ2) is 15.4. The molecule has 0 aromatic heterocycles. The highest BCUT2D eigenvalue weighted by Crippen LogP contribution is 2.52. The fraction of sp³-hybridized carbons (Fsp3) is 0.0492. The average molecular weight is 805 g/mol. The van der Waals surface area contributed by atoms with Crippen molar-refractivity contribution in [3.8, 4) is 66.8 Å². The molecular weight excluding hydrogens is 747 g/mol. The Bertz CT molecular complexity index is 3920. The Hall–Kier alpha value is -7.74. The zero-order chi connectivity index (χ0) is 52.9. The Kier molecular flexibility index (Phi) is 6.40. The Balaban J connectivity index is 1.06. The Morgan fingerprint density at radius 1 is 0.355 bits per heavy atom. The summed E-state index contributed by atoms with van der Waals surface area (Å²) in [7, 11) is 0. The van der Waals surface area contributed by atoms with E-state index in [0.717, 1.165) is 49.7 Å². The van der Waals surface area contributed by atoms with Crippen LogP contribution in [0, 0.1) is 0 Å². The van der Waals surface area contributed by atoms with Crippen molar-refractivity contribution in [2.45, 2.75) is 19.3 Å². The van der Waals surface area contributed by atoms with E-state index in [1.807, 2.05) is 78.9 Å². The molecule has 0 saturated heterocycles. The summed E-state index contributed by atoms with van der Waals surface area (Å²) >= 11 is 0. The lowest BCUT2D eigenvalue weighted by Gasteiger charge is -2.27. The smallest absolute Gasteiger partial charge is 0.0645 e. The Morgan fingerprint density at radius 3 is 1.60 bits per heavy atom. The Morgan fingerprint density at radius 2 is 0.871 bits per heavy atom. The van der Waals surface area contributed by atoms with Gasteiger partial charge < -0.3 is 4.90 Å². The van der Waals surface area contributed by atoms with Gasteiger partial charge in [-0.2, -0.15) is 0 Å². The second-order valence-electron chi connectivity index (χ2n) is 15.9. The largest absolute Gasteiger partial charge is 0.311 e. The van der Waals surface area contributed by atoms with Crippen LogP contribution in [0.2, 0.25) is 0 Å². The van der Waals surface area contributed by atoms with Gasteiger partial charge >= 0.3 is 0 Å². The Labute approximate surface area is 383 Å². The van der Waals surface area contributed by atoms with E-state index in [0.29, 0.717) is 11.4 Å². The maximum Gasteiger partial charge on any atom is 0.0645 e. The van der Waals surface area contributed by atoms with Crippen LogP contribution in [0.25, 0.3) is 77.5 Å². The predicted octanol–water partition coefficient (Wildman–Crippen LogP) is 17.0. The first-order valence-corrected chi connectivity index (χ1v) is 20.5. The molecule has 0 atom stereocenters. The molecule has 0 radical (unpaired) electrons. The molecule has 0 amide bonds. The summed E-state index contributed by atoms with van der Waals surface area (Å²) in [6.07, 6.45) is 0. The molecule has 0 N–H and O–H groups in total. The van der Waals surface area contributed by atoms with Gasteiger partial charge in [-0.3, -0.25) is 0 Å². The standard InChI is InChI=1S/C61H45N/c1-61(2)59-24-9-8-20-57(59)58-23-12-22-56(60(58)61)48-33-39-53(40-34-48)62(51-35-29-45(30-36-51)44-27-25-43(26-28-44)42-13-4-3-5-14-42)52-37-31-46(32-38-52)49-17-10-18-50(41-49)55-21-11-16-47-15-6-7-19-54(47)55/h3-41H,1-2H3/i3D,4D,5D,13D,14D,25D,26D,27D,28D,29D,30D,35D,36D. The third-order valence-electron chi connectivity index (χ3n) is 11.9. The highest BCUT2D eigenvalue weighted by Gasteiger charge is 2.37. The highest BCUT2D eigenvalue weighted by atomic mass is 15.1. The zero-order valence-electron chi connectivity index (χ0n) is 47.0. The summed E-state index contributed by atoms with van der Waals surface area (Å²) in [4.78, 5) is 1.65. The van der Waals surface area contributed by atoms with Gasteiger partial charge in [-0.25, -0.2) is 0 Å². The number of anilines is 3. The van der Waals surface area contributed by atoms with Crippen LogP contribution in [0.15, 0.2) is 236 Å². The third kappa shape index (κ3) is 6.60. The van der Waals surface area contributed by atoms with Gasteiger partial charge in [0.15, 0.2) is 0 Å². The summed E-state index contributed by atoms with van der Waals surface area (Å²) in [5.74, 6) is 0. The lowest BCUT2D eigenvalue weighted by Crippen LogP contribution is -2.16. The van der Waals surface area contributed by atoms with E-state index >= 15 is 0 Å². The van der Waals surface area contributed by atoms with E-state index < -0.39 is 101 Å². The highest BCUT2D eigenvalue weighted by molar-refractivity contribution is 5.97. The molecule has 62 heavy (non-hydrogen) atoms. The van der Waals surface area contributed by atoms with Crippen LogP contribution in [-0.2, 0) is 5.41 Å². The molecule has 0 bridgehead atoms. The SMILES string of the molecule is [2H]c1c([2H])c([2H])c(-c2c([2H])c([2H])c(-c3c([2H])c([2H])c(N(c4ccc(-c5cccc(-c6cccc7ccccc67)c5)cc4)c4ccc(-c5cccc6c5C(C)(C)c5ccccc5-6)cc4)c([2H])c3[2H])c([2H])c2[2H])c([2H])c1[2H]. The van der Waals surface area contributed by atoms with Gasteiger partial charge in [0.2, 0.25) is 0 Å². The van der Waals surface area contributed by atoms with Crippen molar-refractivity contribution < 1.29 is 17.8 Å². The van der Waals surface area contributed by atoms with Crippen molar-refractivity contribution in [1.82, 2.24) is 0 Å². The van der Waals surface area contributed by atoms with E-state index in [9.17, 15) is 5.48 Å². The molecule has 1 heteroatoms. The van der Waals surface area contributed by atoms with Crippen molar-refractivity contribution in [1.29, 1.82) is 0 Å². The molecule has 0 heterocycles. The maximum absolute atomic E-state index is 9.65. The lowest BCUT2D eigenvalue weighted by molar-refractivity contribution is 0.662. The monoisotopic (exact) mass is 804 g/mol. The van der Waals surface area contributed by atoms with Gasteiger partial charge in [0, 0.05) is 22.5 Å². The summed E-state index contributed by atoms with van der Waals surface area (Å²) in [5, 5.41) is 2.27. The molecule has 0 spiro atoms. The maximum atomic E-state index is 9.65. The van der Waals surface area contributed by atoms with Crippen LogP contribution in [-0.4, -0.2) is 0 Å². The molecule has 10 aromatic carbocycles. The number of rotatable bonds is 8. The van der Waals surface area contributed by atoms with E-state index in [1.54, 1.807) is 4.90 Å². The number of fused-ring (bicyclic) bond motifs is 4. The normalized spacial score (nSPS) is 15.4. The second-order valence-corrected chi connectivity index (χ2v) is 15.9.